The molecule has 3 rings (SSSR count). The van der Waals surface area contributed by atoms with Crippen molar-refractivity contribution < 1.29 is 14.1 Å². The maximum Gasteiger partial charge on any atom is 0.276 e. The number of carbonyl (C=O) groups excluding carboxylic acids is 2. The van der Waals surface area contributed by atoms with Crippen LogP contribution in [-0.4, -0.2) is 39.9 Å². The van der Waals surface area contributed by atoms with Gasteiger partial charge in [-0.15, -0.1) is 0 Å². The number of rotatable bonds is 3. The first kappa shape index (κ1) is 16.4. The van der Waals surface area contributed by atoms with Crippen molar-refractivity contribution in [2.75, 3.05) is 18.4 Å². The van der Waals surface area contributed by atoms with Crippen LogP contribution in [0.15, 0.2) is 28.9 Å². The van der Waals surface area contributed by atoms with Crippen LogP contribution in [0.1, 0.15) is 29.1 Å². The topological polar surface area (TPSA) is 88.3 Å². The van der Waals surface area contributed by atoms with Crippen molar-refractivity contribution in [2.24, 2.45) is 5.92 Å². The van der Waals surface area contributed by atoms with Gasteiger partial charge < -0.3 is 14.7 Å². The third-order valence-corrected chi connectivity index (χ3v) is 4.20. The van der Waals surface area contributed by atoms with Crippen LogP contribution in [0.3, 0.4) is 0 Å². The van der Waals surface area contributed by atoms with Crippen molar-refractivity contribution in [3.8, 4) is 0 Å². The number of nitrogens with one attached hydrogen (secondary N) is 1. The van der Waals surface area contributed by atoms with Crippen molar-refractivity contribution >= 4 is 29.2 Å². The molecule has 0 aliphatic carbocycles. The molecule has 0 aromatic carbocycles. The molecule has 2 aromatic rings. The van der Waals surface area contributed by atoms with E-state index < -0.39 is 0 Å². The third-order valence-electron chi connectivity index (χ3n) is 3.98. The average molecular weight is 349 g/mol. The van der Waals surface area contributed by atoms with Crippen molar-refractivity contribution in [3.05, 3.63) is 40.9 Å². The highest BCUT2D eigenvalue weighted by atomic mass is 35.5. The highest BCUT2D eigenvalue weighted by Gasteiger charge is 2.29. The van der Waals surface area contributed by atoms with Gasteiger partial charge in [0.05, 0.1) is 5.02 Å². The summed E-state index contributed by atoms with van der Waals surface area (Å²) in [6.45, 7) is 2.76. The van der Waals surface area contributed by atoms with Crippen molar-refractivity contribution in [1.82, 2.24) is 15.0 Å². The highest BCUT2D eigenvalue weighted by molar-refractivity contribution is 6.30. The van der Waals surface area contributed by atoms with Gasteiger partial charge in [0.2, 0.25) is 5.91 Å². The molecule has 0 bridgehead atoms. The summed E-state index contributed by atoms with van der Waals surface area (Å²) >= 11 is 5.77. The molecule has 1 aliphatic rings. The second kappa shape index (κ2) is 7.00. The Morgan fingerprint density at radius 2 is 2.08 bits per heavy atom. The molecule has 2 aromatic heterocycles. The Morgan fingerprint density at radius 3 is 2.67 bits per heavy atom. The number of halogens is 1. The van der Waals surface area contributed by atoms with Crippen molar-refractivity contribution in [1.29, 1.82) is 0 Å². The lowest BCUT2D eigenvalue weighted by Gasteiger charge is -2.30. The van der Waals surface area contributed by atoms with Crippen molar-refractivity contribution in [2.45, 2.75) is 19.8 Å². The lowest BCUT2D eigenvalue weighted by atomic mass is 9.95. The predicted molar refractivity (Wildman–Crippen MR) is 87.7 cm³/mol. The Balaban J connectivity index is 1.53. The highest BCUT2D eigenvalue weighted by Crippen LogP contribution is 2.21. The van der Waals surface area contributed by atoms with E-state index in [1.807, 2.05) is 0 Å². The van der Waals surface area contributed by atoms with Gasteiger partial charge in [-0.1, -0.05) is 16.8 Å². The number of nitrogens with zero attached hydrogens (tertiary/aromatic N) is 3. The van der Waals surface area contributed by atoms with E-state index in [-0.39, 0.29) is 17.7 Å². The van der Waals surface area contributed by atoms with Crippen LogP contribution in [0.5, 0.6) is 0 Å². The van der Waals surface area contributed by atoms with E-state index in [4.69, 9.17) is 16.1 Å². The Labute approximate surface area is 144 Å². The van der Waals surface area contributed by atoms with Gasteiger partial charge in [-0.2, -0.15) is 0 Å². The quantitative estimate of drug-likeness (QED) is 0.920. The summed E-state index contributed by atoms with van der Waals surface area (Å²) in [5.41, 5.74) is 0.306. The Hall–Kier alpha value is -2.41. The normalized spacial score (nSPS) is 15.3. The van der Waals surface area contributed by atoms with E-state index in [0.29, 0.717) is 48.2 Å². The van der Waals surface area contributed by atoms with E-state index in [0.717, 1.165) is 0 Å². The maximum atomic E-state index is 12.3. The van der Waals surface area contributed by atoms with Gasteiger partial charge in [0, 0.05) is 31.3 Å². The average Bonchev–Trinajstić information content (AvgIpc) is 3.03. The number of amides is 2. The molecule has 7 nitrogen and oxygen atoms in total. The number of likely N-dealkylation sites (tertiary alicyclic amines) is 1. The molecule has 1 fully saturated rings. The van der Waals surface area contributed by atoms with Gasteiger partial charge in [-0.05, 0) is 31.9 Å². The van der Waals surface area contributed by atoms with Crippen molar-refractivity contribution in [3.63, 3.8) is 0 Å². The summed E-state index contributed by atoms with van der Waals surface area (Å²) in [4.78, 5) is 30.3. The molecule has 0 unspecified atom stereocenters. The summed E-state index contributed by atoms with van der Waals surface area (Å²) in [6.07, 6.45) is 2.68. The molecule has 0 spiro atoms. The van der Waals surface area contributed by atoms with Crippen LogP contribution in [0, 0.1) is 12.8 Å². The number of piperidine rings is 1. The fraction of sp³-hybridized carbons (Fsp3) is 0.375. The smallest absolute Gasteiger partial charge is 0.276 e. The molecule has 2 amide bonds. The van der Waals surface area contributed by atoms with E-state index >= 15 is 0 Å². The zero-order valence-electron chi connectivity index (χ0n) is 13.2. The Bertz CT molecular complexity index is 736. The molecule has 0 atom stereocenters. The monoisotopic (exact) mass is 348 g/mol. The van der Waals surface area contributed by atoms with Gasteiger partial charge >= 0.3 is 0 Å². The maximum absolute atomic E-state index is 12.3. The van der Waals surface area contributed by atoms with E-state index in [1.165, 1.54) is 6.20 Å². The molecule has 24 heavy (non-hydrogen) atoms. The lowest BCUT2D eigenvalue weighted by Crippen LogP contribution is -2.41. The van der Waals surface area contributed by atoms with Gasteiger partial charge in [0.15, 0.2) is 5.69 Å². The number of carbonyl (C=O) groups is 2. The molecule has 0 saturated carbocycles. The molecular formula is C16H17ClN4O3. The minimum Gasteiger partial charge on any atom is -0.361 e. The molecular weight excluding hydrogens is 332 g/mol. The van der Waals surface area contributed by atoms with Gasteiger partial charge in [-0.3, -0.25) is 9.59 Å². The number of aromatic nitrogens is 2. The van der Waals surface area contributed by atoms with Gasteiger partial charge in [-0.25, -0.2) is 4.98 Å². The first-order valence-electron chi connectivity index (χ1n) is 7.68. The Morgan fingerprint density at radius 1 is 1.33 bits per heavy atom. The molecule has 8 heteroatoms. The zero-order chi connectivity index (χ0) is 17.1. The van der Waals surface area contributed by atoms with E-state index in [2.05, 4.69) is 15.5 Å². The summed E-state index contributed by atoms with van der Waals surface area (Å²) in [5, 5.41) is 7.04. The lowest BCUT2D eigenvalue weighted by molar-refractivity contribution is -0.121. The predicted octanol–water partition coefficient (Wildman–Crippen LogP) is 2.52. The van der Waals surface area contributed by atoms with Crippen LogP contribution in [-0.2, 0) is 4.79 Å². The first-order chi connectivity index (χ1) is 11.5. The van der Waals surface area contributed by atoms with Crippen LogP contribution < -0.4 is 5.32 Å². The van der Waals surface area contributed by atoms with Crippen LogP contribution >= 0.6 is 11.6 Å². The molecule has 1 saturated heterocycles. The number of anilines is 1. The summed E-state index contributed by atoms with van der Waals surface area (Å²) in [5.74, 6) is 0.675. The van der Waals surface area contributed by atoms with E-state index in [9.17, 15) is 9.59 Å². The molecule has 1 N–H and O–H groups in total. The van der Waals surface area contributed by atoms with Gasteiger partial charge in [0.25, 0.3) is 5.91 Å². The van der Waals surface area contributed by atoms with Crippen LogP contribution in [0.4, 0.5) is 5.82 Å². The number of hydrogen-bond donors (Lipinski definition) is 1. The second-order valence-electron chi connectivity index (χ2n) is 5.74. The van der Waals surface area contributed by atoms with Crippen LogP contribution in [0.2, 0.25) is 5.02 Å². The zero-order valence-corrected chi connectivity index (χ0v) is 13.9. The van der Waals surface area contributed by atoms with E-state index in [1.54, 1.807) is 30.0 Å². The SMILES string of the molecule is Cc1cc(C(=O)N2CCC(C(=O)Nc3ccc(Cl)cn3)CC2)no1. The second-order valence-corrected chi connectivity index (χ2v) is 6.18. The summed E-state index contributed by atoms with van der Waals surface area (Å²) < 4.78 is 4.93. The Kier molecular flexibility index (Phi) is 4.80. The van der Waals surface area contributed by atoms with Crippen LogP contribution in [0.25, 0.3) is 0 Å². The number of hydrogen-bond acceptors (Lipinski definition) is 5. The number of pyridine rings is 1. The minimum absolute atomic E-state index is 0.0887. The molecule has 126 valence electrons. The molecule has 3 heterocycles. The fourth-order valence-electron chi connectivity index (χ4n) is 2.65. The summed E-state index contributed by atoms with van der Waals surface area (Å²) in [6, 6.07) is 4.95. The summed E-state index contributed by atoms with van der Waals surface area (Å²) in [7, 11) is 0. The largest absolute Gasteiger partial charge is 0.361 e. The molecule has 1 aliphatic heterocycles. The minimum atomic E-state index is -0.162. The molecule has 0 radical (unpaired) electrons. The fourth-order valence-corrected chi connectivity index (χ4v) is 2.76. The first-order valence-corrected chi connectivity index (χ1v) is 8.06. The van der Waals surface area contributed by atoms with Gasteiger partial charge in [0.1, 0.15) is 11.6 Å². The number of aryl methyl sites for hydroxylation is 1. The third kappa shape index (κ3) is 3.73. The standard InChI is InChI=1S/C16H17ClN4O3/c1-10-8-13(20-24-10)16(23)21-6-4-11(5-7-21)15(22)19-14-3-2-12(17)9-18-14/h2-3,8-9,11H,4-7H2,1H3,(H,18,19,22).